The van der Waals surface area contributed by atoms with Crippen LogP contribution in [-0.2, 0) is 0 Å². The first-order valence-electron chi connectivity index (χ1n) is 4.98. The van der Waals surface area contributed by atoms with Crippen molar-refractivity contribution < 1.29 is 15.0 Å². The molecule has 0 aliphatic heterocycles. The Balaban J connectivity index is 2.91. The van der Waals surface area contributed by atoms with Crippen molar-refractivity contribution in [3.8, 4) is 0 Å². The number of aliphatic hydroxyl groups is 1. The molecule has 0 spiro atoms. The average Bonchev–Trinajstić information content (AvgIpc) is 2.25. The monoisotopic (exact) mass is 225 g/mol. The molecule has 0 aliphatic rings. The van der Waals surface area contributed by atoms with Crippen LogP contribution in [0.1, 0.15) is 24.3 Å². The summed E-state index contributed by atoms with van der Waals surface area (Å²) in [6.45, 7) is 3.75. The summed E-state index contributed by atoms with van der Waals surface area (Å²) in [5.74, 6) is -0.799. The van der Waals surface area contributed by atoms with Gasteiger partial charge in [-0.15, -0.1) is 0 Å². The van der Waals surface area contributed by atoms with E-state index in [1.165, 1.54) is 12.4 Å². The van der Waals surface area contributed by atoms with E-state index in [9.17, 15) is 4.79 Å². The Morgan fingerprint density at radius 3 is 2.56 bits per heavy atom. The molecule has 0 saturated carbocycles. The van der Waals surface area contributed by atoms with Gasteiger partial charge >= 0.3 is 5.97 Å². The Morgan fingerprint density at radius 2 is 2.06 bits per heavy atom. The van der Waals surface area contributed by atoms with Crippen LogP contribution in [0.15, 0.2) is 12.4 Å². The Kier molecular flexibility index (Phi) is 4.19. The first-order chi connectivity index (χ1) is 7.56. The molecule has 0 amide bonds. The molecule has 6 heteroatoms. The number of hydrogen-bond donors (Lipinski definition) is 3. The Morgan fingerprint density at radius 1 is 1.44 bits per heavy atom. The molecule has 0 aliphatic carbocycles. The lowest BCUT2D eigenvalue weighted by atomic mass is 10.1. The lowest BCUT2D eigenvalue weighted by Crippen LogP contribution is -2.30. The topological polar surface area (TPSA) is 95.3 Å². The summed E-state index contributed by atoms with van der Waals surface area (Å²) < 4.78 is 0. The van der Waals surface area contributed by atoms with Crippen molar-refractivity contribution in [3.05, 3.63) is 18.1 Å². The molecule has 88 valence electrons. The van der Waals surface area contributed by atoms with Gasteiger partial charge in [-0.3, -0.25) is 0 Å². The third-order valence-electron chi connectivity index (χ3n) is 2.22. The van der Waals surface area contributed by atoms with Gasteiger partial charge in [-0.1, -0.05) is 13.8 Å². The van der Waals surface area contributed by atoms with Gasteiger partial charge in [0.05, 0.1) is 12.6 Å². The molecule has 1 aromatic heterocycles. The number of aromatic carboxylic acids is 1. The summed E-state index contributed by atoms with van der Waals surface area (Å²) in [7, 11) is 0. The average molecular weight is 225 g/mol. The molecule has 0 unspecified atom stereocenters. The number of nitrogens with one attached hydrogen (secondary N) is 1. The first-order valence-corrected chi connectivity index (χ1v) is 4.98. The number of carboxylic acid groups (broad SMARTS) is 1. The Labute approximate surface area is 93.4 Å². The van der Waals surface area contributed by atoms with Gasteiger partial charge in [0.2, 0.25) is 0 Å². The van der Waals surface area contributed by atoms with Crippen LogP contribution in [-0.4, -0.2) is 38.8 Å². The maximum Gasteiger partial charge on any atom is 0.358 e. The minimum atomic E-state index is -1.14. The molecule has 1 atom stereocenters. The summed E-state index contributed by atoms with van der Waals surface area (Å²) in [5.41, 5.74) is -0.137. The SMILES string of the molecule is CC(C)[C@@H](CO)Nc1nccnc1C(=O)O. The highest BCUT2D eigenvalue weighted by Crippen LogP contribution is 2.13. The van der Waals surface area contributed by atoms with Crippen LogP contribution in [0.4, 0.5) is 5.82 Å². The second-order valence-electron chi connectivity index (χ2n) is 3.74. The maximum atomic E-state index is 10.9. The maximum absolute atomic E-state index is 10.9. The highest BCUT2D eigenvalue weighted by atomic mass is 16.4. The van der Waals surface area contributed by atoms with Gasteiger partial charge in [-0.25, -0.2) is 14.8 Å². The van der Waals surface area contributed by atoms with Gasteiger partial charge < -0.3 is 15.5 Å². The number of carboxylic acids is 1. The van der Waals surface area contributed by atoms with Gasteiger partial charge in [0, 0.05) is 12.4 Å². The number of anilines is 1. The fraction of sp³-hybridized carbons (Fsp3) is 0.500. The molecule has 0 saturated heterocycles. The van der Waals surface area contributed by atoms with Gasteiger partial charge in [-0.2, -0.15) is 0 Å². The third kappa shape index (κ3) is 2.90. The smallest absolute Gasteiger partial charge is 0.358 e. The summed E-state index contributed by atoms with van der Waals surface area (Å²) in [5, 5.41) is 20.9. The second-order valence-corrected chi connectivity index (χ2v) is 3.74. The van der Waals surface area contributed by atoms with E-state index in [1.807, 2.05) is 13.8 Å². The van der Waals surface area contributed by atoms with Gasteiger partial charge in [-0.05, 0) is 5.92 Å². The number of aliphatic hydroxyl groups excluding tert-OH is 1. The number of nitrogens with zero attached hydrogens (tertiary/aromatic N) is 2. The largest absolute Gasteiger partial charge is 0.476 e. The van der Waals surface area contributed by atoms with Crippen LogP contribution in [0.25, 0.3) is 0 Å². The van der Waals surface area contributed by atoms with E-state index in [0.29, 0.717) is 0 Å². The third-order valence-corrected chi connectivity index (χ3v) is 2.22. The zero-order valence-corrected chi connectivity index (χ0v) is 9.21. The number of carbonyl (C=O) groups is 1. The minimum Gasteiger partial charge on any atom is -0.476 e. The van der Waals surface area contributed by atoms with Gasteiger partial charge in [0.15, 0.2) is 11.5 Å². The van der Waals surface area contributed by atoms with Crippen molar-refractivity contribution in [1.82, 2.24) is 9.97 Å². The van der Waals surface area contributed by atoms with E-state index in [0.717, 1.165) is 0 Å². The zero-order valence-electron chi connectivity index (χ0n) is 9.21. The van der Waals surface area contributed by atoms with Crippen LogP contribution in [0, 0.1) is 5.92 Å². The summed E-state index contributed by atoms with van der Waals surface area (Å²) in [6.07, 6.45) is 2.72. The summed E-state index contributed by atoms with van der Waals surface area (Å²) in [4.78, 5) is 18.5. The molecule has 1 aromatic rings. The standard InChI is InChI=1S/C10H15N3O3/c1-6(2)7(5-14)13-9-8(10(15)16)11-3-4-12-9/h3-4,6-7,14H,5H2,1-2H3,(H,12,13)(H,15,16)/t7-/m1/s1. The molecule has 3 N–H and O–H groups in total. The highest BCUT2D eigenvalue weighted by Gasteiger charge is 2.18. The van der Waals surface area contributed by atoms with E-state index >= 15 is 0 Å². The molecule has 16 heavy (non-hydrogen) atoms. The quantitative estimate of drug-likeness (QED) is 0.679. The number of aromatic nitrogens is 2. The molecule has 0 fully saturated rings. The molecule has 0 radical (unpaired) electrons. The van der Waals surface area contributed by atoms with E-state index in [1.54, 1.807) is 0 Å². The van der Waals surface area contributed by atoms with Crippen LogP contribution in [0.2, 0.25) is 0 Å². The predicted molar refractivity (Wildman–Crippen MR) is 58.3 cm³/mol. The fourth-order valence-corrected chi connectivity index (χ4v) is 1.20. The molecule has 6 nitrogen and oxygen atoms in total. The van der Waals surface area contributed by atoms with Crippen LogP contribution < -0.4 is 5.32 Å². The van der Waals surface area contributed by atoms with Crippen molar-refractivity contribution in [2.24, 2.45) is 5.92 Å². The van der Waals surface area contributed by atoms with Crippen molar-refractivity contribution in [2.75, 3.05) is 11.9 Å². The molecule has 1 rings (SSSR count). The fourth-order valence-electron chi connectivity index (χ4n) is 1.20. The highest BCUT2D eigenvalue weighted by molar-refractivity contribution is 5.90. The number of rotatable bonds is 5. The molecule has 1 heterocycles. The van der Waals surface area contributed by atoms with E-state index < -0.39 is 5.97 Å². The number of hydrogen-bond acceptors (Lipinski definition) is 5. The van der Waals surface area contributed by atoms with Crippen LogP contribution >= 0.6 is 0 Å². The molecular formula is C10H15N3O3. The van der Waals surface area contributed by atoms with E-state index in [-0.39, 0.29) is 30.1 Å². The Bertz CT molecular complexity index is 368. The molecule has 0 aromatic carbocycles. The lowest BCUT2D eigenvalue weighted by molar-refractivity contribution is 0.0691. The first kappa shape index (κ1) is 12.4. The van der Waals surface area contributed by atoms with Crippen molar-refractivity contribution in [2.45, 2.75) is 19.9 Å². The Hall–Kier alpha value is -1.69. The minimum absolute atomic E-state index is 0.0900. The van der Waals surface area contributed by atoms with Crippen LogP contribution in [0.3, 0.4) is 0 Å². The van der Waals surface area contributed by atoms with Gasteiger partial charge in [0.1, 0.15) is 0 Å². The zero-order chi connectivity index (χ0) is 12.1. The van der Waals surface area contributed by atoms with Gasteiger partial charge in [0.25, 0.3) is 0 Å². The van der Waals surface area contributed by atoms with E-state index in [4.69, 9.17) is 10.2 Å². The van der Waals surface area contributed by atoms with Crippen molar-refractivity contribution in [3.63, 3.8) is 0 Å². The molecule has 0 bridgehead atoms. The normalized spacial score (nSPS) is 12.5. The van der Waals surface area contributed by atoms with Crippen molar-refractivity contribution in [1.29, 1.82) is 0 Å². The van der Waals surface area contributed by atoms with Crippen LogP contribution in [0.5, 0.6) is 0 Å². The molecular weight excluding hydrogens is 210 g/mol. The summed E-state index contributed by atoms with van der Waals surface area (Å²) >= 11 is 0. The second kappa shape index (κ2) is 5.41. The predicted octanol–water partition coefficient (Wildman–Crippen LogP) is 0.604. The lowest BCUT2D eigenvalue weighted by Gasteiger charge is -2.20. The summed E-state index contributed by atoms with van der Waals surface area (Å²) in [6, 6.07) is -0.241. The van der Waals surface area contributed by atoms with E-state index in [2.05, 4.69) is 15.3 Å². The van der Waals surface area contributed by atoms with Crippen molar-refractivity contribution >= 4 is 11.8 Å².